The van der Waals surface area contributed by atoms with Crippen LogP contribution in [0.2, 0.25) is 0 Å². The van der Waals surface area contributed by atoms with E-state index in [1.165, 1.54) is 19.2 Å². The van der Waals surface area contributed by atoms with E-state index in [2.05, 4.69) is 10.2 Å². The largest absolute Gasteiger partial charge is 0.359 e. The molecule has 1 N–H and O–H groups in total. The van der Waals surface area contributed by atoms with E-state index in [1.54, 1.807) is 0 Å². The lowest BCUT2D eigenvalue weighted by Gasteiger charge is -2.12. The summed E-state index contributed by atoms with van der Waals surface area (Å²) in [6.07, 6.45) is 2.81. The number of nitrogens with zero attached hydrogens (tertiary/aromatic N) is 2. The van der Waals surface area contributed by atoms with E-state index in [9.17, 15) is 28.8 Å². The fourth-order valence-electron chi connectivity index (χ4n) is 1.78. The molecule has 2 rings (SSSR count). The van der Waals surface area contributed by atoms with Gasteiger partial charge in [0.1, 0.15) is 0 Å². The molecule has 24 heavy (non-hydrogen) atoms. The number of rotatable bonds is 4. The molecule has 0 atom stereocenters. The van der Waals surface area contributed by atoms with Crippen LogP contribution in [0.4, 0.5) is 0 Å². The quantitative estimate of drug-likeness (QED) is 0.627. The first-order chi connectivity index (χ1) is 11.3. The summed E-state index contributed by atoms with van der Waals surface area (Å²) in [4.78, 5) is 69.9. The number of hydrogen-bond donors (Lipinski definition) is 1. The molecule has 5 amide bonds. The van der Waals surface area contributed by atoms with Gasteiger partial charge in [0.05, 0.1) is 0 Å². The van der Waals surface area contributed by atoms with Crippen molar-refractivity contribution in [2.24, 2.45) is 0 Å². The zero-order valence-electron chi connectivity index (χ0n) is 13.2. The molecule has 0 aromatic heterocycles. The lowest BCUT2D eigenvalue weighted by atomic mass is 10.3. The first kappa shape index (κ1) is 19.0. The highest BCUT2D eigenvalue weighted by molar-refractivity contribution is 6.13. The Morgan fingerprint density at radius 1 is 1.08 bits per heavy atom. The van der Waals surface area contributed by atoms with Crippen molar-refractivity contribution in [3.63, 3.8) is 0 Å². The first-order valence-corrected chi connectivity index (χ1v) is 7.04. The van der Waals surface area contributed by atoms with Crippen molar-refractivity contribution < 1.29 is 33.6 Å². The Labute approximate surface area is 137 Å². The van der Waals surface area contributed by atoms with Gasteiger partial charge in [0, 0.05) is 51.9 Å². The summed E-state index contributed by atoms with van der Waals surface area (Å²) in [5.74, 6) is -2.46. The third kappa shape index (κ3) is 5.30. The minimum Gasteiger partial charge on any atom is -0.359 e. The van der Waals surface area contributed by atoms with Crippen LogP contribution in [-0.2, 0) is 33.6 Å². The highest BCUT2D eigenvalue weighted by Crippen LogP contribution is 2.11. The van der Waals surface area contributed by atoms with E-state index >= 15 is 0 Å². The van der Waals surface area contributed by atoms with Gasteiger partial charge in [-0.3, -0.25) is 28.9 Å². The van der Waals surface area contributed by atoms with Crippen molar-refractivity contribution in [2.75, 3.05) is 13.6 Å². The van der Waals surface area contributed by atoms with Crippen LogP contribution in [0.15, 0.2) is 12.2 Å². The normalized spacial score (nSPS) is 16.2. The summed E-state index contributed by atoms with van der Waals surface area (Å²) in [5, 5.41) is 2.93. The monoisotopic (exact) mass is 339 g/mol. The number of nitrogens with one attached hydrogen (secondary N) is 1. The molecule has 1 saturated heterocycles. The maximum atomic E-state index is 11.0. The molecule has 130 valence electrons. The fourth-order valence-corrected chi connectivity index (χ4v) is 1.78. The van der Waals surface area contributed by atoms with Crippen molar-refractivity contribution in [1.82, 2.24) is 15.3 Å². The predicted octanol–water partition coefficient (Wildman–Crippen LogP) is -1.34. The lowest BCUT2D eigenvalue weighted by Crippen LogP contribution is -2.33. The van der Waals surface area contributed by atoms with Crippen LogP contribution in [0.1, 0.15) is 26.2 Å². The molecule has 10 nitrogen and oxygen atoms in total. The smallest absolute Gasteiger partial charge is 0.330 e. The van der Waals surface area contributed by atoms with Crippen LogP contribution in [0, 0.1) is 0 Å². The molecule has 0 aliphatic carbocycles. The van der Waals surface area contributed by atoms with Gasteiger partial charge in [-0.25, -0.2) is 4.79 Å². The van der Waals surface area contributed by atoms with Gasteiger partial charge in [0.25, 0.3) is 23.6 Å². The third-order valence-electron chi connectivity index (χ3n) is 2.97. The highest BCUT2D eigenvalue weighted by Gasteiger charge is 2.31. The molecule has 0 unspecified atom stereocenters. The Morgan fingerprint density at radius 2 is 1.58 bits per heavy atom. The number of hydrogen-bond acceptors (Lipinski definition) is 7. The maximum Gasteiger partial charge on any atom is 0.330 e. The zero-order chi connectivity index (χ0) is 18.3. The van der Waals surface area contributed by atoms with E-state index in [0.29, 0.717) is 5.06 Å². The molecule has 0 saturated carbocycles. The number of hydroxylamine groups is 2. The fraction of sp³-hybridized carbons (Fsp3) is 0.429. The van der Waals surface area contributed by atoms with E-state index < -0.39 is 17.8 Å². The molecule has 2 aliphatic heterocycles. The maximum absolute atomic E-state index is 11.0. The number of carbonyl (C=O) groups excluding carboxylic acids is 6. The molecule has 0 bridgehead atoms. The second-order valence-electron chi connectivity index (χ2n) is 4.75. The second kappa shape index (κ2) is 8.56. The van der Waals surface area contributed by atoms with Crippen molar-refractivity contribution >= 4 is 35.5 Å². The van der Waals surface area contributed by atoms with Crippen LogP contribution < -0.4 is 5.32 Å². The minimum atomic E-state index is -0.659. The Hall–Kier alpha value is -3.04. The lowest BCUT2D eigenvalue weighted by molar-refractivity contribution is -0.195. The SMILES string of the molecule is CC(=O)ON1C(=O)CCC1=O.CNC(=O)CCN1C(=O)C=CC1=O. The predicted molar refractivity (Wildman–Crippen MR) is 77.4 cm³/mol. The second-order valence-corrected chi connectivity index (χ2v) is 4.75. The summed E-state index contributed by atoms with van der Waals surface area (Å²) >= 11 is 0. The summed E-state index contributed by atoms with van der Waals surface area (Å²) in [5.41, 5.74) is 0. The molecule has 1 fully saturated rings. The van der Waals surface area contributed by atoms with Gasteiger partial charge in [-0.1, -0.05) is 0 Å². The molecule has 2 heterocycles. The van der Waals surface area contributed by atoms with Crippen molar-refractivity contribution in [2.45, 2.75) is 26.2 Å². The molecule has 10 heteroatoms. The Morgan fingerprint density at radius 3 is 2.00 bits per heavy atom. The van der Waals surface area contributed by atoms with E-state index in [1.807, 2.05) is 0 Å². The minimum absolute atomic E-state index is 0.131. The highest BCUT2D eigenvalue weighted by atomic mass is 16.7. The molecule has 0 aromatic carbocycles. The summed E-state index contributed by atoms with van der Waals surface area (Å²) in [7, 11) is 1.51. The van der Waals surface area contributed by atoms with Gasteiger partial charge >= 0.3 is 5.97 Å². The standard InChI is InChI=1S/C8H10N2O3.C6H7NO4/c1-9-6(11)4-5-10-7(12)2-3-8(10)13;1-4(8)11-7-5(9)2-3-6(7)10/h2-3H,4-5H2,1H3,(H,9,11);2-3H2,1H3. The van der Waals surface area contributed by atoms with Crippen LogP contribution in [0.25, 0.3) is 0 Å². The van der Waals surface area contributed by atoms with E-state index in [-0.39, 0.29) is 43.5 Å². The van der Waals surface area contributed by atoms with Gasteiger partial charge in [0.15, 0.2) is 0 Å². The summed E-state index contributed by atoms with van der Waals surface area (Å²) < 4.78 is 0. The van der Waals surface area contributed by atoms with Crippen molar-refractivity contribution in [3.8, 4) is 0 Å². The van der Waals surface area contributed by atoms with Gasteiger partial charge in [0.2, 0.25) is 5.91 Å². The van der Waals surface area contributed by atoms with Crippen LogP contribution in [0.5, 0.6) is 0 Å². The van der Waals surface area contributed by atoms with Crippen LogP contribution in [0.3, 0.4) is 0 Å². The number of imide groups is 2. The van der Waals surface area contributed by atoms with Crippen LogP contribution in [-0.4, -0.2) is 59.1 Å². The molecule has 0 radical (unpaired) electrons. The summed E-state index contributed by atoms with van der Waals surface area (Å²) in [6.45, 7) is 1.28. The summed E-state index contributed by atoms with van der Waals surface area (Å²) in [6, 6.07) is 0. The average Bonchev–Trinajstić information content (AvgIpc) is 3.01. The number of carbonyl (C=O) groups is 6. The van der Waals surface area contributed by atoms with Crippen molar-refractivity contribution in [1.29, 1.82) is 0 Å². The Balaban J connectivity index is 0.000000243. The Kier molecular flexibility index (Phi) is 6.78. The van der Waals surface area contributed by atoms with Gasteiger partial charge in [-0.15, -0.1) is 5.06 Å². The topological polar surface area (TPSA) is 130 Å². The van der Waals surface area contributed by atoms with Gasteiger partial charge < -0.3 is 10.2 Å². The van der Waals surface area contributed by atoms with E-state index in [0.717, 1.165) is 11.8 Å². The average molecular weight is 339 g/mol. The molecule has 0 spiro atoms. The molecule has 0 aromatic rings. The Bertz CT molecular complexity index is 577. The number of amides is 5. The van der Waals surface area contributed by atoms with Gasteiger partial charge in [-0.05, 0) is 0 Å². The third-order valence-corrected chi connectivity index (χ3v) is 2.97. The van der Waals surface area contributed by atoms with Crippen molar-refractivity contribution in [3.05, 3.63) is 12.2 Å². The molecular formula is C14H17N3O7. The first-order valence-electron chi connectivity index (χ1n) is 7.04. The molecule has 2 aliphatic rings. The van der Waals surface area contributed by atoms with E-state index in [4.69, 9.17) is 0 Å². The zero-order valence-corrected chi connectivity index (χ0v) is 13.2. The van der Waals surface area contributed by atoms with Crippen LogP contribution >= 0.6 is 0 Å². The molecular weight excluding hydrogens is 322 g/mol. The van der Waals surface area contributed by atoms with Gasteiger partial charge in [-0.2, -0.15) is 0 Å².